The van der Waals surface area contributed by atoms with Crippen LogP contribution in [0.4, 0.5) is 0 Å². The third-order valence-electron chi connectivity index (χ3n) is 4.01. The molecular weight excluding hydrogens is 380 g/mol. The first-order chi connectivity index (χ1) is 11.5. The van der Waals surface area contributed by atoms with E-state index in [2.05, 4.69) is 33.5 Å². The van der Waals surface area contributed by atoms with Crippen LogP contribution in [-0.2, 0) is 14.3 Å². The topological polar surface area (TPSA) is 97.6 Å². The van der Waals surface area contributed by atoms with E-state index >= 15 is 0 Å². The molecule has 1 aromatic rings. The zero-order valence-electron chi connectivity index (χ0n) is 13.5. The molecule has 24 heavy (non-hydrogen) atoms. The highest BCUT2D eigenvalue weighted by molar-refractivity contribution is 9.10. The number of rotatable bonds is 6. The minimum Gasteiger partial charge on any atom is -0.454 e. The molecule has 1 aliphatic carbocycles. The van der Waals surface area contributed by atoms with Gasteiger partial charge in [-0.25, -0.2) is 0 Å². The van der Waals surface area contributed by atoms with Crippen LogP contribution in [0.25, 0.3) is 0 Å². The number of amides is 2. The lowest BCUT2D eigenvalue weighted by molar-refractivity contribution is -0.147. The fourth-order valence-electron chi connectivity index (χ4n) is 2.65. The second-order valence-electron chi connectivity index (χ2n) is 5.88. The van der Waals surface area contributed by atoms with Crippen LogP contribution >= 0.6 is 15.9 Å². The maximum absolute atomic E-state index is 11.8. The number of carbonyl (C=O) groups excluding carboxylic acids is 3. The molecule has 0 aliphatic heterocycles. The monoisotopic (exact) mass is 400 g/mol. The van der Waals surface area contributed by atoms with Crippen LogP contribution in [0.5, 0.6) is 0 Å². The Morgan fingerprint density at radius 3 is 2.71 bits per heavy atom. The zero-order chi connectivity index (χ0) is 17.5. The summed E-state index contributed by atoms with van der Waals surface area (Å²) in [6.07, 6.45) is 4.34. The Bertz CT molecular complexity index is 601. The van der Waals surface area contributed by atoms with Gasteiger partial charge in [-0.2, -0.15) is 0 Å². The Kier molecular flexibility index (Phi) is 6.84. The van der Waals surface area contributed by atoms with Crippen LogP contribution in [0.1, 0.15) is 43.2 Å². The molecule has 7 nitrogen and oxygen atoms in total. The number of nitrogens with one attached hydrogen (secondary N) is 2. The average molecular weight is 401 g/mol. The van der Waals surface area contributed by atoms with Gasteiger partial charge in [0.25, 0.3) is 11.8 Å². The molecule has 1 aromatic heterocycles. The van der Waals surface area contributed by atoms with E-state index in [0.717, 1.165) is 19.3 Å². The van der Waals surface area contributed by atoms with Gasteiger partial charge in [-0.1, -0.05) is 19.8 Å². The first-order valence-corrected chi connectivity index (χ1v) is 8.73. The van der Waals surface area contributed by atoms with Crippen LogP contribution in [0.2, 0.25) is 0 Å². The van der Waals surface area contributed by atoms with Gasteiger partial charge in [0.2, 0.25) is 0 Å². The van der Waals surface area contributed by atoms with Gasteiger partial charge in [-0.3, -0.25) is 14.4 Å². The maximum Gasteiger partial charge on any atom is 0.325 e. The Morgan fingerprint density at radius 2 is 2.04 bits per heavy atom. The quantitative estimate of drug-likeness (QED) is 0.711. The summed E-state index contributed by atoms with van der Waals surface area (Å²) >= 11 is 3.08. The molecule has 1 fully saturated rings. The number of hydrogen-bond acceptors (Lipinski definition) is 5. The Morgan fingerprint density at radius 1 is 1.29 bits per heavy atom. The highest BCUT2D eigenvalue weighted by Crippen LogP contribution is 2.23. The number of carbonyl (C=O) groups is 3. The van der Waals surface area contributed by atoms with Crippen molar-refractivity contribution in [3.05, 3.63) is 22.6 Å². The zero-order valence-corrected chi connectivity index (χ0v) is 15.1. The molecule has 0 spiro atoms. The van der Waals surface area contributed by atoms with Crippen molar-refractivity contribution in [2.24, 2.45) is 5.92 Å². The molecule has 132 valence electrons. The molecule has 0 unspecified atom stereocenters. The first kappa shape index (κ1) is 18.5. The van der Waals surface area contributed by atoms with Crippen LogP contribution in [-0.4, -0.2) is 37.0 Å². The van der Waals surface area contributed by atoms with Crippen LogP contribution in [0, 0.1) is 5.92 Å². The molecule has 2 amide bonds. The largest absolute Gasteiger partial charge is 0.454 e. The van der Waals surface area contributed by atoms with Crippen molar-refractivity contribution in [2.45, 2.75) is 38.6 Å². The number of halogens is 1. The summed E-state index contributed by atoms with van der Waals surface area (Å²) < 4.78 is 10.3. The van der Waals surface area contributed by atoms with Crippen LogP contribution in [0.3, 0.4) is 0 Å². The van der Waals surface area contributed by atoms with Gasteiger partial charge in [0.05, 0.1) is 0 Å². The summed E-state index contributed by atoms with van der Waals surface area (Å²) in [5, 5.41) is 5.26. The van der Waals surface area contributed by atoms with Crippen molar-refractivity contribution in [3.63, 3.8) is 0 Å². The van der Waals surface area contributed by atoms with Crippen LogP contribution in [0.15, 0.2) is 21.2 Å². The van der Waals surface area contributed by atoms with E-state index in [-0.39, 0.29) is 30.9 Å². The molecule has 1 heterocycles. The second kappa shape index (κ2) is 8.86. The molecule has 1 aliphatic rings. The molecule has 0 radical (unpaired) electrons. The minimum atomic E-state index is -0.680. The van der Waals surface area contributed by atoms with Gasteiger partial charge in [-0.15, -0.1) is 0 Å². The fraction of sp³-hybridized carbons (Fsp3) is 0.562. The lowest BCUT2D eigenvalue weighted by Gasteiger charge is -2.29. The van der Waals surface area contributed by atoms with Gasteiger partial charge in [0, 0.05) is 6.04 Å². The van der Waals surface area contributed by atoms with Crippen molar-refractivity contribution in [1.29, 1.82) is 0 Å². The summed E-state index contributed by atoms with van der Waals surface area (Å²) in [5.41, 5.74) is 0. The van der Waals surface area contributed by atoms with E-state index in [1.165, 1.54) is 12.5 Å². The highest BCUT2D eigenvalue weighted by Gasteiger charge is 2.23. The van der Waals surface area contributed by atoms with E-state index in [4.69, 9.17) is 9.15 Å². The molecule has 1 saturated carbocycles. The third-order valence-corrected chi connectivity index (χ3v) is 4.44. The van der Waals surface area contributed by atoms with E-state index in [9.17, 15) is 14.4 Å². The Hall–Kier alpha value is -1.83. The summed E-state index contributed by atoms with van der Waals surface area (Å²) in [4.78, 5) is 35.1. The van der Waals surface area contributed by atoms with Gasteiger partial charge >= 0.3 is 5.97 Å². The Labute approximate surface area is 148 Å². The third kappa shape index (κ3) is 5.67. The molecule has 0 saturated heterocycles. The number of esters is 1. The predicted octanol–water partition coefficient (Wildman–Crippen LogP) is 2.01. The standard InChI is InChI=1S/C16H21BrN2O5/c1-10-4-2-3-5-11(10)19-14(20)9-23-15(21)8-18-16(22)12-6-7-13(17)24-12/h6-7,10-11H,2-5,8-9H2,1H3,(H,18,22)(H,19,20)/t10-,11+/m1/s1. The molecule has 2 atom stereocenters. The highest BCUT2D eigenvalue weighted by atomic mass is 79.9. The van der Waals surface area contributed by atoms with Crippen molar-refractivity contribution < 1.29 is 23.5 Å². The van der Waals surface area contributed by atoms with Gasteiger partial charge in [0.1, 0.15) is 6.54 Å². The van der Waals surface area contributed by atoms with Gasteiger partial charge in [-0.05, 0) is 46.8 Å². The van der Waals surface area contributed by atoms with Crippen molar-refractivity contribution >= 4 is 33.7 Å². The lowest BCUT2D eigenvalue weighted by atomic mass is 9.86. The molecular formula is C16H21BrN2O5. The van der Waals surface area contributed by atoms with E-state index in [0.29, 0.717) is 10.6 Å². The van der Waals surface area contributed by atoms with Crippen molar-refractivity contribution in [2.75, 3.05) is 13.2 Å². The molecule has 8 heteroatoms. The molecule has 2 rings (SSSR count). The summed E-state index contributed by atoms with van der Waals surface area (Å²) in [7, 11) is 0. The molecule has 0 bridgehead atoms. The summed E-state index contributed by atoms with van der Waals surface area (Å²) in [5.74, 6) is -1.01. The van der Waals surface area contributed by atoms with E-state index < -0.39 is 11.9 Å². The van der Waals surface area contributed by atoms with Crippen molar-refractivity contribution in [1.82, 2.24) is 10.6 Å². The normalized spacial score (nSPS) is 20.2. The van der Waals surface area contributed by atoms with Crippen LogP contribution < -0.4 is 10.6 Å². The van der Waals surface area contributed by atoms with E-state index in [1.54, 1.807) is 6.07 Å². The fourth-order valence-corrected chi connectivity index (χ4v) is 2.96. The summed E-state index contributed by atoms with van der Waals surface area (Å²) in [6, 6.07) is 3.19. The van der Waals surface area contributed by atoms with Gasteiger partial charge < -0.3 is 19.8 Å². The number of ether oxygens (including phenoxy) is 1. The maximum atomic E-state index is 11.8. The SMILES string of the molecule is C[C@@H]1CCCC[C@@H]1NC(=O)COC(=O)CNC(=O)c1ccc(Br)o1. The van der Waals surface area contributed by atoms with E-state index in [1.807, 2.05) is 0 Å². The number of hydrogen-bond donors (Lipinski definition) is 2. The molecule has 0 aromatic carbocycles. The second-order valence-corrected chi connectivity index (χ2v) is 6.66. The first-order valence-electron chi connectivity index (χ1n) is 7.94. The number of furan rings is 1. The van der Waals surface area contributed by atoms with Gasteiger partial charge in [0.15, 0.2) is 17.0 Å². The minimum absolute atomic E-state index is 0.0821. The lowest BCUT2D eigenvalue weighted by Crippen LogP contribution is -2.43. The smallest absolute Gasteiger partial charge is 0.325 e. The Balaban J connectivity index is 1.65. The van der Waals surface area contributed by atoms with Crippen molar-refractivity contribution in [3.8, 4) is 0 Å². The average Bonchev–Trinajstić information content (AvgIpc) is 2.99. The predicted molar refractivity (Wildman–Crippen MR) is 89.3 cm³/mol. The molecule has 2 N–H and O–H groups in total. The summed E-state index contributed by atoms with van der Waals surface area (Å²) in [6.45, 7) is 1.44.